The first-order valence-electron chi connectivity index (χ1n) is 6.63. The number of hydrogen-bond acceptors (Lipinski definition) is 5. The predicted molar refractivity (Wildman–Crippen MR) is 74.6 cm³/mol. The summed E-state index contributed by atoms with van der Waals surface area (Å²) in [6.45, 7) is 6.52. The Morgan fingerprint density at radius 3 is 2.61 bits per heavy atom. The molecule has 0 radical (unpaired) electrons. The predicted octanol–water partition coefficient (Wildman–Crippen LogP) is 1.89. The first kappa shape index (κ1) is 14.7. The van der Waals surface area contributed by atoms with Crippen LogP contribution in [-0.2, 0) is 6.42 Å². The average molecular weight is 252 g/mol. The number of nitrogens with one attached hydrogen (secondary N) is 1. The van der Waals surface area contributed by atoms with E-state index >= 15 is 0 Å². The Balaban J connectivity index is 2.74. The van der Waals surface area contributed by atoms with Gasteiger partial charge in [0.1, 0.15) is 17.5 Å². The van der Waals surface area contributed by atoms with E-state index in [-0.39, 0.29) is 6.10 Å². The van der Waals surface area contributed by atoms with Crippen LogP contribution in [-0.4, -0.2) is 27.7 Å². The molecule has 1 rings (SSSR count). The molecule has 1 heterocycles. The molecule has 4 N–H and O–H groups in total. The summed E-state index contributed by atoms with van der Waals surface area (Å²) in [5.74, 6) is 2.01. The number of aliphatic hydroxyl groups excluding tert-OH is 1. The second kappa shape index (κ2) is 7.16. The van der Waals surface area contributed by atoms with Crippen molar-refractivity contribution in [3.05, 3.63) is 11.4 Å². The monoisotopic (exact) mass is 252 g/mol. The molecule has 1 aromatic heterocycles. The van der Waals surface area contributed by atoms with Gasteiger partial charge in [-0.05, 0) is 19.8 Å². The maximum atomic E-state index is 9.71. The average Bonchev–Trinajstić information content (AvgIpc) is 2.32. The summed E-state index contributed by atoms with van der Waals surface area (Å²) in [6, 6.07) is 0. The van der Waals surface area contributed by atoms with Crippen LogP contribution in [0, 0.1) is 6.92 Å². The van der Waals surface area contributed by atoms with E-state index in [1.807, 2.05) is 6.92 Å². The van der Waals surface area contributed by atoms with Gasteiger partial charge in [-0.2, -0.15) is 0 Å². The van der Waals surface area contributed by atoms with E-state index in [1.165, 1.54) is 0 Å². The molecule has 5 nitrogen and oxygen atoms in total. The van der Waals surface area contributed by atoms with Crippen LogP contribution in [0.5, 0.6) is 0 Å². The number of nitrogens with zero attached hydrogens (tertiary/aromatic N) is 2. The third-order valence-electron chi connectivity index (χ3n) is 2.83. The minimum absolute atomic E-state index is 0.347. The topological polar surface area (TPSA) is 84.1 Å². The first-order valence-corrected chi connectivity index (χ1v) is 6.63. The molecule has 0 aliphatic heterocycles. The van der Waals surface area contributed by atoms with Gasteiger partial charge in [0.05, 0.1) is 6.10 Å². The minimum atomic E-state index is -0.347. The SMILES string of the molecule is CCCc1nc(N)c(C)c(NCC(O)CCC)n1. The largest absolute Gasteiger partial charge is 0.391 e. The molecule has 0 bridgehead atoms. The highest BCUT2D eigenvalue weighted by Gasteiger charge is 2.09. The quantitative estimate of drug-likeness (QED) is 0.690. The highest BCUT2D eigenvalue weighted by molar-refractivity contribution is 5.54. The van der Waals surface area contributed by atoms with Crippen LogP contribution in [0.4, 0.5) is 11.6 Å². The van der Waals surface area contributed by atoms with E-state index in [2.05, 4.69) is 29.1 Å². The van der Waals surface area contributed by atoms with Crippen LogP contribution in [0.3, 0.4) is 0 Å². The molecule has 102 valence electrons. The third-order valence-corrected chi connectivity index (χ3v) is 2.83. The maximum Gasteiger partial charge on any atom is 0.134 e. The Morgan fingerprint density at radius 2 is 2.00 bits per heavy atom. The second-order valence-electron chi connectivity index (χ2n) is 4.57. The van der Waals surface area contributed by atoms with Gasteiger partial charge in [0.2, 0.25) is 0 Å². The molecule has 1 aromatic rings. The van der Waals surface area contributed by atoms with E-state index in [1.54, 1.807) is 0 Å². The van der Waals surface area contributed by atoms with Gasteiger partial charge in [0.25, 0.3) is 0 Å². The number of aromatic nitrogens is 2. The van der Waals surface area contributed by atoms with E-state index < -0.39 is 0 Å². The van der Waals surface area contributed by atoms with Crippen LogP contribution in [0.2, 0.25) is 0 Å². The number of nitrogens with two attached hydrogens (primary N) is 1. The molecule has 1 atom stereocenters. The van der Waals surface area contributed by atoms with Gasteiger partial charge in [0, 0.05) is 18.5 Å². The summed E-state index contributed by atoms with van der Waals surface area (Å²) in [5, 5.41) is 12.9. The summed E-state index contributed by atoms with van der Waals surface area (Å²) in [5.41, 5.74) is 6.71. The number of hydrogen-bond donors (Lipinski definition) is 3. The van der Waals surface area contributed by atoms with Crippen molar-refractivity contribution in [3.8, 4) is 0 Å². The number of aryl methyl sites for hydroxylation is 1. The molecule has 0 aliphatic carbocycles. The van der Waals surface area contributed by atoms with Gasteiger partial charge in [-0.25, -0.2) is 9.97 Å². The smallest absolute Gasteiger partial charge is 0.134 e. The van der Waals surface area contributed by atoms with E-state index in [9.17, 15) is 5.11 Å². The van der Waals surface area contributed by atoms with Gasteiger partial charge in [-0.3, -0.25) is 0 Å². The molecule has 5 heteroatoms. The number of anilines is 2. The first-order chi connectivity index (χ1) is 8.58. The van der Waals surface area contributed by atoms with Crippen LogP contribution < -0.4 is 11.1 Å². The van der Waals surface area contributed by atoms with E-state index in [0.29, 0.717) is 12.4 Å². The fourth-order valence-electron chi connectivity index (χ4n) is 1.74. The van der Waals surface area contributed by atoms with Crippen LogP contribution in [0.15, 0.2) is 0 Å². The van der Waals surface area contributed by atoms with Gasteiger partial charge < -0.3 is 16.2 Å². The summed E-state index contributed by atoms with van der Waals surface area (Å²) >= 11 is 0. The number of rotatable bonds is 7. The van der Waals surface area contributed by atoms with Gasteiger partial charge in [-0.15, -0.1) is 0 Å². The van der Waals surface area contributed by atoms with Crippen LogP contribution in [0.1, 0.15) is 44.5 Å². The van der Waals surface area contributed by atoms with Crippen molar-refractivity contribution in [1.82, 2.24) is 9.97 Å². The lowest BCUT2D eigenvalue weighted by Gasteiger charge is -2.14. The number of nitrogen functional groups attached to an aromatic ring is 1. The lowest BCUT2D eigenvalue weighted by Crippen LogP contribution is -2.21. The van der Waals surface area contributed by atoms with Crippen molar-refractivity contribution < 1.29 is 5.11 Å². The molecule has 0 fully saturated rings. The normalized spacial score (nSPS) is 12.4. The zero-order valence-corrected chi connectivity index (χ0v) is 11.5. The van der Waals surface area contributed by atoms with Gasteiger partial charge in [-0.1, -0.05) is 20.3 Å². The summed E-state index contributed by atoms with van der Waals surface area (Å²) in [6.07, 6.45) is 3.21. The fraction of sp³-hybridized carbons (Fsp3) is 0.692. The standard InChI is InChI=1S/C13H24N4O/c1-4-6-10(18)8-15-13-9(3)12(14)16-11(17-13)7-5-2/h10,18H,4-8H2,1-3H3,(H3,14,15,16,17). The maximum absolute atomic E-state index is 9.71. The Morgan fingerprint density at radius 1 is 1.28 bits per heavy atom. The minimum Gasteiger partial charge on any atom is -0.391 e. The Kier molecular flexibility index (Phi) is 5.85. The molecular formula is C13H24N4O. The molecule has 0 aliphatic rings. The number of aliphatic hydroxyl groups is 1. The summed E-state index contributed by atoms with van der Waals surface area (Å²) in [4.78, 5) is 8.69. The van der Waals surface area contributed by atoms with Crippen molar-refractivity contribution in [1.29, 1.82) is 0 Å². The molecule has 0 amide bonds. The van der Waals surface area contributed by atoms with E-state index in [0.717, 1.165) is 42.9 Å². The molecule has 0 spiro atoms. The highest BCUT2D eigenvalue weighted by atomic mass is 16.3. The molecule has 1 unspecified atom stereocenters. The Hall–Kier alpha value is -1.36. The molecular weight excluding hydrogens is 228 g/mol. The fourth-order valence-corrected chi connectivity index (χ4v) is 1.74. The second-order valence-corrected chi connectivity index (χ2v) is 4.57. The molecule has 0 aromatic carbocycles. The van der Waals surface area contributed by atoms with Gasteiger partial charge in [0.15, 0.2) is 0 Å². The van der Waals surface area contributed by atoms with Crippen LogP contribution in [0.25, 0.3) is 0 Å². The molecule has 0 saturated carbocycles. The third kappa shape index (κ3) is 4.14. The van der Waals surface area contributed by atoms with Crippen molar-refractivity contribution in [2.24, 2.45) is 0 Å². The van der Waals surface area contributed by atoms with Gasteiger partial charge >= 0.3 is 0 Å². The Bertz CT molecular complexity index is 381. The lowest BCUT2D eigenvalue weighted by molar-refractivity contribution is 0.176. The van der Waals surface area contributed by atoms with Crippen molar-refractivity contribution in [2.75, 3.05) is 17.6 Å². The highest BCUT2D eigenvalue weighted by Crippen LogP contribution is 2.18. The lowest BCUT2D eigenvalue weighted by atomic mass is 10.2. The van der Waals surface area contributed by atoms with Crippen molar-refractivity contribution in [2.45, 2.75) is 52.6 Å². The Labute approximate surface area is 109 Å². The summed E-state index contributed by atoms with van der Waals surface area (Å²) in [7, 11) is 0. The van der Waals surface area contributed by atoms with Crippen molar-refractivity contribution >= 4 is 11.6 Å². The van der Waals surface area contributed by atoms with Crippen molar-refractivity contribution in [3.63, 3.8) is 0 Å². The molecule has 18 heavy (non-hydrogen) atoms. The van der Waals surface area contributed by atoms with E-state index in [4.69, 9.17) is 5.73 Å². The zero-order chi connectivity index (χ0) is 13.5. The summed E-state index contributed by atoms with van der Waals surface area (Å²) < 4.78 is 0. The van der Waals surface area contributed by atoms with Crippen LogP contribution >= 0.6 is 0 Å². The zero-order valence-electron chi connectivity index (χ0n) is 11.5. The molecule has 0 saturated heterocycles.